The zero-order chi connectivity index (χ0) is 20.4. The van der Waals surface area contributed by atoms with Crippen LogP contribution in [0.2, 0.25) is 0 Å². The Morgan fingerprint density at radius 2 is 2.03 bits per heavy atom. The second-order valence-corrected chi connectivity index (χ2v) is 8.55. The minimum absolute atomic E-state index is 0.0149. The van der Waals surface area contributed by atoms with Crippen LogP contribution in [0.5, 0.6) is 5.75 Å². The van der Waals surface area contributed by atoms with E-state index in [-0.39, 0.29) is 23.0 Å². The highest BCUT2D eigenvalue weighted by Gasteiger charge is 2.20. The minimum Gasteiger partial charge on any atom is -0.435 e. The van der Waals surface area contributed by atoms with Gasteiger partial charge in [0.05, 0.1) is 11.1 Å². The predicted molar refractivity (Wildman–Crippen MR) is 109 cm³/mol. The number of aryl methyl sites for hydroxylation is 2. The average Bonchev–Trinajstić information content (AvgIpc) is 3.06. The Hall–Kier alpha value is -2.46. The number of amides is 1. The number of rotatable bonds is 6. The molecule has 152 valence electrons. The molecule has 4 rings (SSSR count). The van der Waals surface area contributed by atoms with Gasteiger partial charge in [0.25, 0.3) is 5.56 Å². The lowest BCUT2D eigenvalue weighted by atomic mass is 9.97. The van der Waals surface area contributed by atoms with E-state index < -0.39 is 6.61 Å². The first-order valence-corrected chi connectivity index (χ1v) is 10.8. The molecule has 0 saturated heterocycles. The number of thioether (sulfide) groups is 1. The number of carbonyl (C=O) groups is 1. The molecule has 0 aliphatic heterocycles. The van der Waals surface area contributed by atoms with Crippen molar-refractivity contribution in [2.24, 2.45) is 0 Å². The molecule has 1 aliphatic rings. The lowest BCUT2D eigenvalue weighted by Gasteiger charge is -2.09. The Kier molecular flexibility index (Phi) is 5.81. The fourth-order valence-corrected chi connectivity index (χ4v) is 5.24. The predicted octanol–water partition coefficient (Wildman–Crippen LogP) is 4.20. The molecule has 2 N–H and O–H groups in total. The molecule has 2 heterocycles. The van der Waals surface area contributed by atoms with Crippen molar-refractivity contribution < 1.29 is 18.3 Å². The second kappa shape index (κ2) is 8.50. The highest BCUT2D eigenvalue weighted by Crippen LogP contribution is 2.34. The normalized spacial score (nSPS) is 13.5. The third kappa shape index (κ3) is 4.59. The van der Waals surface area contributed by atoms with E-state index in [0.29, 0.717) is 16.2 Å². The van der Waals surface area contributed by atoms with Crippen LogP contribution in [0.25, 0.3) is 10.2 Å². The van der Waals surface area contributed by atoms with Crippen molar-refractivity contribution in [3.05, 3.63) is 45.1 Å². The average molecular weight is 437 g/mol. The summed E-state index contributed by atoms with van der Waals surface area (Å²) < 4.78 is 28.6. The quantitative estimate of drug-likeness (QED) is 0.446. The van der Waals surface area contributed by atoms with E-state index in [1.807, 2.05) is 0 Å². The lowest BCUT2D eigenvalue weighted by Crippen LogP contribution is -2.15. The second-order valence-electron chi connectivity index (χ2n) is 6.50. The van der Waals surface area contributed by atoms with E-state index >= 15 is 0 Å². The number of anilines is 1. The number of nitrogens with one attached hydrogen (secondary N) is 2. The number of aromatic nitrogens is 2. The monoisotopic (exact) mass is 437 g/mol. The zero-order valence-corrected chi connectivity index (χ0v) is 16.8. The molecule has 6 nitrogen and oxygen atoms in total. The molecule has 10 heteroatoms. The van der Waals surface area contributed by atoms with E-state index in [2.05, 4.69) is 20.0 Å². The SMILES string of the molecule is O=C(CSc1nc2sc3c(c2c(=O)[nH]1)CCCC3)Nc1ccc(OC(F)F)cc1. The first kappa shape index (κ1) is 19.8. The van der Waals surface area contributed by atoms with Crippen LogP contribution in [0.3, 0.4) is 0 Å². The molecular formula is C19H17F2N3O3S2. The number of benzene rings is 1. The molecule has 0 bridgehead atoms. The third-order valence-corrected chi connectivity index (χ3v) is 6.57. The molecule has 3 aromatic rings. The summed E-state index contributed by atoms with van der Waals surface area (Å²) in [4.78, 5) is 33.9. The maximum atomic E-state index is 12.5. The Balaban J connectivity index is 1.40. The van der Waals surface area contributed by atoms with Crippen molar-refractivity contribution in [3.8, 4) is 5.75 Å². The maximum Gasteiger partial charge on any atom is 0.387 e. The summed E-state index contributed by atoms with van der Waals surface area (Å²) in [5.41, 5.74) is 1.42. The van der Waals surface area contributed by atoms with Crippen molar-refractivity contribution in [2.45, 2.75) is 37.5 Å². The van der Waals surface area contributed by atoms with Crippen molar-refractivity contribution in [2.75, 3.05) is 11.1 Å². The smallest absolute Gasteiger partial charge is 0.387 e. The van der Waals surface area contributed by atoms with Gasteiger partial charge in [-0.25, -0.2) is 4.98 Å². The summed E-state index contributed by atoms with van der Waals surface area (Å²) in [7, 11) is 0. The van der Waals surface area contributed by atoms with E-state index in [1.165, 1.54) is 29.1 Å². The summed E-state index contributed by atoms with van der Waals surface area (Å²) in [6, 6.07) is 5.64. The van der Waals surface area contributed by atoms with Crippen molar-refractivity contribution in [3.63, 3.8) is 0 Å². The van der Waals surface area contributed by atoms with Crippen LogP contribution in [0, 0.1) is 0 Å². The summed E-state index contributed by atoms with van der Waals surface area (Å²) >= 11 is 2.70. The van der Waals surface area contributed by atoms with Crippen LogP contribution in [0.4, 0.5) is 14.5 Å². The van der Waals surface area contributed by atoms with E-state index in [4.69, 9.17) is 0 Å². The van der Waals surface area contributed by atoms with Crippen molar-refractivity contribution >= 4 is 44.9 Å². The Morgan fingerprint density at radius 1 is 1.28 bits per heavy atom. The number of carbonyl (C=O) groups excluding carboxylic acids is 1. The van der Waals surface area contributed by atoms with Gasteiger partial charge in [-0.15, -0.1) is 11.3 Å². The fourth-order valence-electron chi connectivity index (χ4n) is 3.26. The summed E-state index contributed by atoms with van der Waals surface area (Å²) in [6.07, 6.45) is 4.12. The van der Waals surface area contributed by atoms with Gasteiger partial charge in [-0.2, -0.15) is 8.78 Å². The molecule has 0 atom stereocenters. The topological polar surface area (TPSA) is 84.1 Å². The summed E-state index contributed by atoms with van der Waals surface area (Å²) in [6.45, 7) is -2.90. The number of hydrogen-bond acceptors (Lipinski definition) is 6. The third-order valence-electron chi connectivity index (χ3n) is 4.51. The molecule has 29 heavy (non-hydrogen) atoms. The van der Waals surface area contributed by atoms with Crippen LogP contribution < -0.4 is 15.6 Å². The fraction of sp³-hybridized carbons (Fsp3) is 0.316. The molecule has 0 saturated carbocycles. The molecule has 0 unspecified atom stereocenters. The van der Waals surface area contributed by atoms with Gasteiger partial charge in [-0.05, 0) is 55.5 Å². The van der Waals surface area contributed by atoms with E-state index in [0.717, 1.165) is 47.8 Å². The lowest BCUT2D eigenvalue weighted by molar-refractivity contribution is -0.113. The van der Waals surface area contributed by atoms with Gasteiger partial charge in [-0.3, -0.25) is 9.59 Å². The number of alkyl halides is 2. The molecule has 0 fully saturated rings. The number of hydrogen-bond donors (Lipinski definition) is 2. The number of ether oxygens (including phenoxy) is 1. The minimum atomic E-state index is -2.90. The maximum absolute atomic E-state index is 12.5. The number of nitrogens with zero attached hydrogens (tertiary/aromatic N) is 1. The Labute approximate surface area is 172 Å². The summed E-state index contributed by atoms with van der Waals surface area (Å²) in [5, 5.41) is 3.75. The molecule has 0 spiro atoms. The van der Waals surface area contributed by atoms with Gasteiger partial charge in [0.2, 0.25) is 5.91 Å². The Morgan fingerprint density at radius 3 is 2.79 bits per heavy atom. The van der Waals surface area contributed by atoms with Gasteiger partial charge >= 0.3 is 6.61 Å². The van der Waals surface area contributed by atoms with Gasteiger partial charge in [0, 0.05) is 10.6 Å². The van der Waals surface area contributed by atoms with Crippen LogP contribution >= 0.6 is 23.1 Å². The number of H-pyrrole nitrogens is 1. The summed E-state index contributed by atoms with van der Waals surface area (Å²) in [5.74, 6) is -0.235. The number of halogens is 2. The number of thiophene rings is 1. The van der Waals surface area contributed by atoms with Gasteiger partial charge in [0.1, 0.15) is 10.6 Å². The zero-order valence-electron chi connectivity index (χ0n) is 15.2. The highest BCUT2D eigenvalue weighted by molar-refractivity contribution is 7.99. The highest BCUT2D eigenvalue weighted by atomic mass is 32.2. The van der Waals surface area contributed by atoms with E-state index in [9.17, 15) is 18.4 Å². The van der Waals surface area contributed by atoms with Crippen molar-refractivity contribution in [1.82, 2.24) is 9.97 Å². The van der Waals surface area contributed by atoms with Gasteiger partial charge in [-0.1, -0.05) is 11.8 Å². The molecule has 1 amide bonds. The Bertz CT molecular complexity index is 1100. The van der Waals surface area contributed by atoms with Gasteiger partial charge in [0.15, 0.2) is 5.16 Å². The molecule has 1 aromatic carbocycles. The van der Waals surface area contributed by atoms with Crippen LogP contribution in [-0.4, -0.2) is 28.2 Å². The first-order valence-electron chi connectivity index (χ1n) is 9.01. The van der Waals surface area contributed by atoms with E-state index in [1.54, 1.807) is 11.3 Å². The molecule has 2 aromatic heterocycles. The molecular weight excluding hydrogens is 420 g/mol. The van der Waals surface area contributed by atoms with Crippen LogP contribution in [0.15, 0.2) is 34.2 Å². The van der Waals surface area contributed by atoms with Gasteiger partial charge < -0.3 is 15.0 Å². The largest absolute Gasteiger partial charge is 0.435 e. The van der Waals surface area contributed by atoms with Crippen molar-refractivity contribution in [1.29, 1.82) is 0 Å². The molecule has 1 aliphatic carbocycles. The number of aromatic amines is 1. The standard InChI is InChI=1S/C19H17F2N3O3S2/c20-18(21)27-11-7-5-10(6-8-11)22-14(25)9-28-19-23-16(26)15-12-3-1-2-4-13(12)29-17(15)24-19/h5-8,18H,1-4,9H2,(H,22,25)(H,23,24,26). The van der Waals surface area contributed by atoms with Crippen LogP contribution in [0.1, 0.15) is 23.3 Å². The van der Waals surface area contributed by atoms with Crippen LogP contribution in [-0.2, 0) is 17.6 Å². The number of fused-ring (bicyclic) bond motifs is 3. The molecule has 0 radical (unpaired) electrons. The first-order chi connectivity index (χ1) is 14.0.